The van der Waals surface area contributed by atoms with Crippen molar-refractivity contribution in [2.45, 2.75) is 31.7 Å². The Kier molecular flexibility index (Phi) is 5.34. The van der Waals surface area contributed by atoms with Crippen LogP contribution in [0, 0.1) is 0 Å². The Balaban J connectivity index is 0.00000176. The van der Waals surface area contributed by atoms with Crippen LogP contribution in [0.5, 0.6) is 0 Å². The number of rotatable bonds is 2. The average molecular weight is 345 g/mol. The molecule has 0 aliphatic carbocycles. The van der Waals surface area contributed by atoms with Gasteiger partial charge in [-0.2, -0.15) is 0 Å². The van der Waals surface area contributed by atoms with Crippen molar-refractivity contribution in [1.29, 1.82) is 0 Å². The second-order valence-corrected chi connectivity index (χ2v) is 8.02. The Labute approximate surface area is 137 Å². The van der Waals surface area contributed by atoms with Crippen molar-refractivity contribution in [1.82, 2.24) is 5.32 Å². The van der Waals surface area contributed by atoms with Crippen LogP contribution >= 0.6 is 12.4 Å². The summed E-state index contributed by atoms with van der Waals surface area (Å²) in [6, 6.07) is 5.40. The third kappa shape index (κ3) is 3.73. The van der Waals surface area contributed by atoms with Gasteiger partial charge < -0.3 is 10.6 Å². The van der Waals surface area contributed by atoms with Crippen molar-refractivity contribution in [3.8, 4) is 0 Å². The highest BCUT2D eigenvalue weighted by molar-refractivity contribution is 7.91. The lowest BCUT2D eigenvalue weighted by molar-refractivity contribution is 0.0937. The second-order valence-electron chi connectivity index (χ2n) is 5.79. The van der Waals surface area contributed by atoms with Gasteiger partial charge in [0, 0.05) is 23.8 Å². The zero-order valence-electron chi connectivity index (χ0n) is 12.3. The summed E-state index contributed by atoms with van der Waals surface area (Å²) >= 11 is 0. The van der Waals surface area contributed by atoms with Crippen LogP contribution in [0.1, 0.15) is 35.2 Å². The fourth-order valence-corrected chi connectivity index (χ4v) is 4.76. The summed E-state index contributed by atoms with van der Waals surface area (Å²) in [6.45, 7) is 0.930. The molecule has 1 fully saturated rings. The van der Waals surface area contributed by atoms with Gasteiger partial charge in [-0.15, -0.1) is 12.4 Å². The lowest BCUT2D eigenvalue weighted by atomic mass is 9.97. The Bertz CT molecular complexity index is 661. The molecule has 7 heteroatoms. The van der Waals surface area contributed by atoms with Gasteiger partial charge >= 0.3 is 0 Å². The van der Waals surface area contributed by atoms with Gasteiger partial charge in [-0.1, -0.05) is 6.07 Å². The third-order valence-corrected chi connectivity index (χ3v) is 5.96. The summed E-state index contributed by atoms with van der Waals surface area (Å²) in [6.07, 6.45) is 3.25. The maximum atomic E-state index is 12.5. The highest BCUT2D eigenvalue weighted by atomic mass is 35.5. The first-order valence-corrected chi connectivity index (χ1v) is 9.24. The lowest BCUT2D eigenvalue weighted by Crippen LogP contribution is -2.43. The largest absolute Gasteiger partial charge is 0.385 e. The SMILES string of the molecule is Cl.O=C(NC1CCCS(=O)(=O)C1)c1cccc2c1CCCN2. The van der Waals surface area contributed by atoms with Gasteiger partial charge in [0.15, 0.2) is 9.84 Å². The third-order valence-electron chi connectivity index (χ3n) is 4.14. The van der Waals surface area contributed by atoms with E-state index >= 15 is 0 Å². The van der Waals surface area contributed by atoms with Crippen LogP contribution in [0.25, 0.3) is 0 Å². The molecule has 0 radical (unpaired) electrons. The van der Waals surface area contributed by atoms with Crippen LogP contribution in [0.2, 0.25) is 0 Å². The molecule has 0 aromatic heterocycles. The van der Waals surface area contributed by atoms with E-state index in [0.717, 1.165) is 37.1 Å². The van der Waals surface area contributed by atoms with Crippen LogP contribution in [0.4, 0.5) is 5.69 Å². The molecule has 1 amide bonds. The van der Waals surface area contributed by atoms with Crippen molar-refractivity contribution in [2.75, 3.05) is 23.4 Å². The number of amides is 1. The number of anilines is 1. The molecule has 1 unspecified atom stereocenters. The zero-order valence-corrected chi connectivity index (χ0v) is 13.9. The van der Waals surface area contributed by atoms with Gasteiger partial charge in [-0.3, -0.25) is 4.79 Å². The van der Waals surface area contributed by atoms with E-state index in [9.17, 15) is 13.2 Å². The van der Waals surface area contributed by atoms with Crippen molar-refractivity contribution in [3.05, 3.63) is 29.3 Å². The Morgan fingerprint density at radius 2 is 2.09 bits per heavy atom. The maximum absolute atomic E-state index is 12.5. The predicted molar refractivity (Wildman–Crippen MR) is 89.6 cm³/mol. The number of carbonyl (C=O) groups is 1. The van der Waals surface area contributed by atoms with E-state index in [2.05, 4.69) is 10.6 Å². The van der Waals surface area contributed by atoms with Gasteiger partial charge in [0.1, 0.15) is 0 Å². The predicted octanol–water partition coefficient (Wildman–Crippen LogP) is 1.77. The molecular weight excluding hydrogens is 324 g/mol. The smallest absolute Gasteiger partial charge is 0.251 e. The first-order valence-electron chi connectivity index (χ1n) is 7.42. The lowest BCUT2D eigenvalue weighted by Gasteiger charge is -2.25. The number of fused-ring (bicyclic) bond motifs is 1. The molecule has 22 heavy (non-hydrogen) atoms. The van der Waals surface area contributed by atoms with Crippen LogP contribution < -0.4 is 10.6 Å². The molecule has 5 nitrogen and oxygen atoms in total. The molecule has 1 aromatic carbocycles. The summed E-state index contributed by atoms with van der Waals surface area (Å²) in [4.78, 5) is 12.5. The molecule has 1 atom stereocenters. The molecule has 0 saturated carbocycles. The first kappa shape index (κ1) is 17.1. The van der Waals surface area contributed by atoms with Gasteiger partial charge in [0.05, 0.1) is 11.5 Å². The Hall–Kier alpha value is -1.27. The monoisotopic (exact) mass is 344 g/mol. The van der Waals surface area contributed by atoms with E-state index in [1.165, 1.54) is 0 Å². The standard InChI is InChI=1S/C15H20N2O3S.ClH/c18-15(17-11-4-3-9-21(19,20)10-11)13-5-1-7-14-12(13)6-2-8-16-14;/h1,5,7,11,16H,2-4,6,8-10H2,(H,17,18);1H. The first-order chi connectivity index (χ1) is 10.1. The van der Waals surface area contributed by atoms with Crippen molar-refractivity contribution >= 4 is 33.8 Å². The summed E-state index contributed by atoms with van der Waals surface area (Å²) in [5.41, 5.74) is 2.73. The average Bonchev–Trinajstić information content (AvgIpc) is 2.45. The number of hydrogen-bond acceptors (Lipinski definition) is 4. The summed E-state index contributed by atoms with van der Waals surface area (Å²) in [5.74, 6) is 0.147. The second kappa shape index (κ2) is 6.87. The fourth-order valence-electron chi connectivity index (χ4n) is 3.12. The Morgan fingerprint density at radius 3 is 2.86 bits per heavy atom. The highest BCUT2D eigenvalue weighted by Gasteiger charge is 2.27. The number of benzene rings is 1. The van der Waals surface area contributed by atoms with E-state index in [-0.39, 0.29) is 35.9 Å². The zero-order chi connectivity index (χ0) is 14.9. The van der Waals surface area contributed by atoms with Crippen LogP contribution in [0.3, 0.4) is 0 Å². The van der Waals surface area contributed by atoms with E-state index in [0.29, 0.717) is 12.0 Å². The molecule has 2 heterocycles. The van der Waals surface area contributed by atoms with E-state index < -0.39 is 9.84 Å². The number of hydrogen-bond donors (Lipinski definition) is 2. The summed E-state index contributed by atoms with van der Waals surface area (Å²) < 4.78 is 23.3. The number of carbonyl (C=O) groups excluding carboxylic acids is 1. The Morgan fingerprint density at radius 1 is 1.27 bits per heavy atom. The molecule has 0 bridgehead atoms. The quantitative estimate of drug-likeness (QED) is 0.857. The molecule has 1 saturated heterocycles. The van der Waals surface area contributed by atoms with Crippen molar-refractivity contribution in [2.24, 2.45) is 0 Å². The molecule has 1 aromatic rings. The van der Waals surface area contributed by atoms with E-state index in [1.807, 2.05) is 18.2 Å². The summed E-state index contributed by atoms with van der Waals surface area (Å²) in [7, 11) is -3.00. The minimum Gasteiger partial charge on any atom is -0.385 e. The molecule has 2 N–H and O–H groups in total. The van der Waals surface area contributed by atoms with Crippen molar-refractivity contribution < 1.29 is 13.2 Å². The summed E-state index contributed by atoms with van der Waals surface area (Å²) in [5, 5.41) is 6.19. The van der Waals surface area contributed by atoms with E-state index in [1.54, 1.807) is 0 Å². The van der Waals surface area contributed by atoms with Crippen molar-refractivity contribution in [3.63, 3.8) is 0 Å². The van der Waals surface area contributed by atoms with Gasteiger partial charge in [0.25, 0.3) is 5.91 Å². The van der Waals surface area contributed by atoms with Gasteiger partial charge in [-0.25, -0.2) is 8.42 Å². The molecule has 2 aliphatic heterocycles. The fraction of sp³-hybridized carbons (Fsp3) is 0.533. The molecule has 0 spiro atoms. The molecule has 3 rings (SSSR count). The topological polar surface area (TPSA) is 75.3 Å². The van der Waals surface area contributed by atoms with Crippen LogP contribution in [0.15, 0.2) is 18.2 Å². The number of sulfone groups is 1. The number of nitrogens with one attached hydrogen (secondary N) is 2. The molecule has 122 valence electrons. The minimum absolute atomic E-state index is 0. The van der Waals surface area contributed by atoms with Gasteiger partial charge in [0.2, 0.25) is 0 Å². The molecular formula is C15H21ClN2O3S. The minimum atomic E-state index is -3.00. The maximum Gasteiger partial charge on any atom is 0.251 e. The van der Waals surface area contributed by atoms with Crippen LogP contribution in [-0.4, -0.2) is 38.4 Å². The highest BCUT2D eigenvalue weighted by Crippen LogP contribution is 2.25. The van der Waals surface area contributed by atoms with E-state index in [4.69, 9.17) is 0 Å². The normalized spacial score (nSPS) is 22.6. The molecule has 2 aliphatic rings. The van der Waals surface area contributed by atoms with Gasteiger partial charge in [-0.05, 0) is 43.4 Å². The van der Waals surface area contributed by atoms with Crippen LogP contribution in [-0.2, 0) is 16.3 Å². The number of halogens is 1.